The van der Waals surface area contributed by atoms with Crippen molar-refractivity contribution in [1.82, 2.24) is 5.32 Å². The Kier molecular flexibility index (Phi) is 5.40. The molecular weight excluding hydrogens is 283 g/mol. The highest BCUT2D eigenvalue weighted by Gasteiger charge is 2.18. The second-order valence-electron chi connectivity index (χ2n) is 6.85. The number of ether oxygens (including phenoxy) is 1. The smallest absolute Gasteiger partial charge is 0.412 e. The third-order valence-corrected chi connectivity index (χ3v) is 3.60. The fourth-order valence-electron chi connectivity index (χ4n) is 2.64. The van der Waals surface area contributed by atoms with Gasteiger partial charge in [0.1, 0.15) is 11.4 Å². The Balaban J connectivity index is 2.01. The van der Waals surface area contributed by atoms with Crippen LogP contribution in [0.25, 0.3) is 0 Å². The van der Waals surface area contributed by atoms with Crippen molar-refractivity contribution in [3.63, 3.8) is 0 Å². The maximum atomic E-state index is 14.0. The molecule has 4 nitrogen and oxygen atoms in total. The minimum absolute atomic E-state index is 0.222. The zero-order valence-electron chi connectivity index (χ0n) is 13.5. The molecule has 1 unspecified atom stereocenters. The van der Waals surface area contributed by atoms with Gasteiger partial charge in [0.25, 0.3) is 0 Å². The normalized spacial score (nSPS) is 18.8. The van der Waals surface area contributed by atoms with Crippen LogP contribution in [0, 0.1) is 11.7 Å². The first-order valence-electron chi connectivity index (χ1n) is 7.82. The minimum Gasteiger partial charge on any atom is -0.444 e. The first-order chi connectivity index (χ1) is 10.3. The van der Waals surface area contributed by atoms with Crippen LogP contribution in [0.4, 0.5) is 14.9 Å². The number of hydrogen-bond acceptors (Lipinski definition) is 3. The van der Waals surface area contributed by atoms with Gasteiger partial charge in [-0.2, -0.15) is 0 Å². The number of carbonyl (C=O) groups excluding carboxylic acids is 1. The van der Waals surface area contributed by atoms with Gasteiger partial charge in [-0.15, -0.1) is 0 Å². The Morgan fingerprint density at radius 1 is 1.45 bits per heavy atom. The van der Waals surface area contributed by atoms with Gasteiger partial charge in [-0.3, -0.25) is 5.32 Å². The molecule has 5 heteroatoms. The van der Waals surface area contributed by atoms with Gasteiger partial charge in [-0.05, 0) is 82.8 Å². The van der Waals surface area contributed by atoms with Crippen LogP contribution in [0.15, 0.2) is 18.2 Å². The summed E-state index contributed by atoms with van der Waals surface area (Å²) in [5, 5.41) is 5.99. The van der Waals surface area contributed by atoms with Crippen LogP contribution in [0.2, 0.25) is 0 Å². The van der Waals surface area contributed by atoms with Crippen LogP contribution in [0.3, 0.4) is 0 Å². The number of halogens is 1. The Hall–Kier alpha value is -1.62. The Labute approximate surface area is 131 Å². The summed E-state index contributed by atoms with van der Waals surface area (Å²) in [6.07, 6.45) is 2.39. The number of piperidine rings is 1. The van der Waals surface area contributed by atoms with E-state index in [1.165, 1.54) is 6.07 Å². The Morgan fingerprint density at radius 3 is 2.86 bits per heavy atom. The van der Waals surface area contributed by atoms with Gasteiger partial charge in [0.05, 0.1) is 0 Å². The molecule has 1 heterocycles. The molecule has 1 fully saturated rings. The topological polar surface area (TPSA) is 50.4 Å². The van der Waals surface area contributed by atoms with E-state index >= 15 is 0 Å². The highest BCUT2D eigenvalue weighted by Crippen LogP contribution is 2.22. The van der Waals surface area contributed by atoms with Gasteiger partial charge >= 0.3 is 6.09 Å². The van der Waals surface area contributed by atoms with E-state index in [2.05, 4.69) is 10.6 Å². The van der Waals surface area contributed by atoms with Gasteiger partial charge in [0.2, 0.25) is 0 Å². The van der Waals surface area contributed by atoms with E-state index in [4.69, 9.17) is 4.74 Å². The Morgan fingerprint density at radius 2 is 2.23 bits per heavy atom. The van der Waals surface area contributed by atoms with Crippen molar-refractivity contribution in [1.29, 1.82) is 0 Å². The van der Waals surface area contributed by atoms with Crippen molar-refractivity contribution >= 4 is 11.8 Å². The molecule has 2 N–H and O–H groups in total. The fraction of sp³-hybridized carbons (Fsp3) is 0.588. The second kappa shape index (κ2) is 7.09. The average molecular weight is 308 g/mol. The lowest BCUT2D eigenvalue weighted by molar-refractivity contribution is 0.0636. The maximum Gasteiger partial charge on any atom is 0.412 e. The number of anilines is 1. The van der Waals surface area contributed by atoms with Crippen molar-refractivity contribution in [2.45, 2.75) is 45.6 Å². The van der Waals surface area contributed by atoms with Crippen molar-refractivity contribution in [2.24, 2.45) is 5.92 Å². The number of nitrogens with one attached hydrogen (secondary N) is 2. The van der Waals surface area contributed by atoms with Gasteiger partial charge in [0, 0.05) is 5.69 Å². The zero-order chi connectivity index (χ0) is 16.2. The molecule has 1 aromatic rings. The van der Waals surface area contributed by atoms with E-state index in [0.717, 1.165) is 25.9 Å². The van der Waals surface area contributed by atoms with Crippen LogP contribution < -0.4 is 10.6 Å². The van der Waals surface area contributed by atoms with E-state index in [1.807, 2.05) is 0 Å². The Bertz CT molecular complexity index is 520. The first kappa shape index (κ1) is 16.7. The number of hydrogen-bond donors (Lipinski definition) is 2. The molecule has 2 rings (SSSR count). The summed E-state index contributed by atoms with van der Waals surface area (Å²) in [6.45, 7) is 7.37. The third kappa shape index (κ3) is 5.30. The predicted molar refractivity (Wildman–Crippen MR) is 85.6 cm³/mol. The van der Waals surface area contributed by atoms with Gasteiger partial charge < -0.3 is 10.1 Å². The summed E-state index contributed by atoms with van der Waals surface area (Å²) in [5.41, 5.74) is 0.650. The van der Waals surface area contributed by atoms with Gasteiger partial charge in [-0.25, -0.2) is 9.18 Å². The molecule has 1 amide bonds. The van der Waals surface area contributed by atoms with Crippen molar-refractivity contribution < 1.29 is 13.9 Å². The minimum atomic E-state index is -0.555. The summed E-state index contributed by atoms with van der Waals surface area (Å²) in [7, 11) is 0. The number of amides is 1. The molecule has 0 aliphatic carbocycles. The summed E-state index contributed by atoms with van der Waals surface area (Å²) in [6, 6.07) is 4.66. The van der Waals surface area contributed by atoms with E-state index in [0.29, 0.717) is 23.6 Å². The molecule has 0 spiro atoms. The van der Waals surface area contributed by atoms with Gasteiger partial charge in [-0.1, -0.05) is 0 Å². The predicted octanol–water partition coefficient (Wildman–Crippen LogP) is 3.71. The molecule has 0 bridgehead atoms. The monoisotopic (exact) mass is 308 g/mol. The molecule has 1 atom stereocenters. The summed E-state index contributed by atoms with van der Waals surface area (Å²) < 4.78 is 19.2. The van der Waals surface area contributed by atoms with Crippen LogP contribution in [0.5, 0.6) is 0 Å². The number of rotatable bonds is 3. The molecule has 0 saturated carbocycles. The number of benzene rings is 1. The molecule has 122 valence electrons. The third-order valence-electron chi connectivity index (χ3n) is 3.60. The molecule has 1 saturated heterocycles. The van der Waals surface area contributed by atoms with E-state index < -0.39 is 11.7 Å². The standard InChI is InChI=1S/C17H25FN2O2/c1-17(2,3)22-16(21)20-14-6-7-15(18)13(10-14)9-12-5-4-8-19-11-12/h6-7,10,12,19H,4-5,8-9,11H2,1-3H3,(H,20,21). The van der Waals surface area contributed by atoms with E-state index in [1.54, 1.807) is 32.9 Å². The summed E-state index contributed by atoms with van der Waals surface area (Å²) in [5.74, 6) is 0.223. The molecule has 1 aliphatic heterocycles. The largest absolute Gasteiger partial charge is 0.444 e. The van der Waals surface area contributed by atoms with E-state index in [-0.39, 0.29) is 5.82 Å². The molecule has 0 radical (unpaired) electrons. The quantitative estimate of drug-likeness (QED) is 0.895. The fourth-order valence-corrected chi connectivity index (χ4v) is 2.64. The van der Waals surface area contributed by atoms with Crippen LogP contribution in [-0.4, -0.2) is 24.8 Å². The lowest BCUT2D eigenvalue weighted by Gasteiger charge is -2.23. The average Bonchev–Trinajstić information content (AvgIpc) is 2.41. The lowest BCUT2D eigenvalue weighted by Crippen LogP contribution is -2.31. The molecule has 22 heavy (non-hydrogen) atoms. The molecule has 1 aliphatic rings. The van der Waals surface area contributed by atoms with Crippen molar-refractivity contribution in [3.8, 4) is 0 Å². The van der Waals surface area contributed by atoms with Gasteiger partial charge in [0.15, 0.2) is 0 Å². The summed E-state index contributed by atoms with van der Waals surface area (Å²) >= 11 is 0. The first-order valence-corrected chi connectivity index (χ1v) is 7.82. The molecular formula is C17H25FN2O2. The van der Waals surface area contributed by atoms with Crippen molar-refractivity contribution in [3.05, 3.63) is 29.6 Å². The van der Waals surface area contributed by atoms with Crippen molar-refractivity contribution in [2.75, 3.05) is 18.4 Å². The SMILES string of the molecule is CC(C)(C)OC(=O)Nc1ccc(F)c(CC2CCCNC2)c1. The highest BCUT2D eigenvalue weighted by atomic mass is 19.1. The maximum absolute atomic E-state index is 14.0. The van der Waals surface area contributed by atoms with Crippen LogP contribution in [-0.2, 0) is 11.2 Å². The van der Waals surface area contributed by atoms with Crippen LogP contribution in [0.1, 0.15) is 39.2 Å². The van der Waals surface area contributed by atoms with Crippen LogP contribution >= 0.6 is 0 Å². The summed E-state index contributed by atoms with van der Waals surface area (Å²) in [4.78, 5) is 11.8. The number of carbonyl (C=O) groups is 1. The molecule has 0 aromatic heterocycles. The zero-order valence-corrected chi connectivity index (χ0v) is 13.5. The lowest BCUT2D eigenvalue weighted by atomic mass is 9.92. The highest BCUT2D eigenvalue weighted by molar-refractivity contribution is 5.84. The molecule has 1 aromatic carbocycles. The van der Waals surface area contributed by atoms with E-state index in [9.17, 15) is 9.18 Å². The second-order valence-corrected chi connectivity index (χ2v) is 6.85.